The van der Waals surface area contributed by atoms with Gasteiger partial charge in [-0.3, -0.25) is 4.79 Å². The highest BCUT2D eigenvalue weighted by Gasteiger charge is 2.59. The van der Waals surface area contributed by atoms with E-state index in [1.54, 1.807) is 17.9 Å². The van der Waals surface area contributed by atoms with E-state index in [1.807, 2.05) is 24.3 Å². The van der Waals surface area contributed by atoms with Crippen LogP contribution in [-0.4, -0.2) is 28.4 Å². The lowest BCUT2D eigenvalue weighted by Crippen LogP contribution is -2.49. The largest absolute Gasteiger partial charge is 0.356 e. The Morgan fingerprint density at radius 2 is 1.81 bits per heavy atom. The van der Waals surface area contributed by atoms with E-state index >= 15 is 0 Å². The molecule has 5 nitrogen and oxygen atoms in total. The zero-order valence-corrected chi connectivity index (χ0v) is 14.1. The molecule has 1 aromatic heterocycles. The second-order valence-electron chi connectivity index (χ2n) is 6.87. The van der Waals surface area contributed by atoms with Crippen LogP contribution in [0.4, 0.5) is 14.9 Å². The molecule has 0 spiro atoms. The maximum absolute atomic E-state index is 14.3. The third-order valence-electron chi connectivity index (χ3n) is 5.56. The van der Waals surface area contributed by atoms with Crippen molar-refractivity contribution < 1.29 is 14.0 Å². The maximum atomic E-state index is 14.3. The first-order valence-corrected chi connectivity index (χ1v) is 8.54. The van der Waals surface area contributed by atoms with E-state index in [0.29, 0.717) is 13.0 Å². The number of urea groups is 1. The molecular formula is C20H16FN3O2. The van der Waals surface area contributed by atoms with E-state index in [9.17, 15) is 14.0 Å². The molecule has 3 heterocycles. The fraction of sp³-hybridized carbons (Fsp3) is 0.200. The molecule has 2 aliphatic rings. The molecule has 1 fully saturated rings. The van der Waals surface area contributed by atoms with Gasteiger partial charge in [0.15, 0.2) is 5.54 Å². The fourth-order valence-corrected chi connectivity index (χ4v) is 4.24. The van der Waals surface area contributed by atoms with Gasteiger partial charge in [-0.15, -0.1) is 0 Å². The Bertz CT molecular complexity index is 1090. The molecule has 1 atom stereocenters. The molecule has 5 rings (SSSR count). The number of hydrogen-bond donors (Lipinski definition) is 1. The van der Waals surface area contributed by atoms with Crippen LogP contribution < -0.4 is 4.90 Å². The van der Waals surface area contributed by atoms with Crippen LogP contribution in [0.2, 0.25) is 0 Å². The lowest BCUT2D eigenvalue weighted by molar-refractivity contribution is -0.125. The number of aromatic amines is 1. The Balaban J connectivity index is 1.72. The van der Waals surface area contributed by atoms with Gasteiger partial charge in [-0.1, -0.05) is 30.3 Å². The van der Waals surface area contributed by atoms with Gasteiger partial charge in [0.2, 0.25) is 0 Å². The summed E-state index contributed by atoms with van der Waals surface area (Å²) in [6, 6.07) is 13.2. The van der Waals surface area contributed by atoms with E-state index in [-0.39, 0.29) is 5.69 Å². The number of para-hydroxylation sites is 2. The molecule has 3 amide bonds. The highest BCUT2D eigenvalue weighted by molar-refractivity contribution is 6.23. The summed E-state index contributed by atoms with van der Waals surface area (Å²) in [6.45, 7) is 2.16. The Morgan fingerprint density at radius 1 is 1.08 bits per heavy atom. The van der Waals surface area contributed by atoms with Crippen molar-refractivity contribution in [2.24, 2.45) is 0 Å². The molecular weight excluding hydrogens is 333 g/mol. The maximum Gasteiger partial charge on any atom is 0.332 e. The van der Waals surface area contributed by atoms with E-state index in [4.69, 9.17) is 0 Å². The summed E-state index contributed by atoms with van der Waals surface area (Å²) in [4.78, 5) is 32.2. The summed E-state index contributed by atoms with van der Waals surface area (Å²) in [7, 11) is 0. The van der Waals surface area contributed by atoms with Gasteiger partial charge in [0.25, 0.3) is 5.91 Å². The number of anilines is 1. The average molecular weight is 349 g/mol. The predicted molar refractivity (Wildman–Crippen MR) is 95.3 cm³/mol. The van der Waals surface area contributed by atoms with Crippen LogP contribution in [0, 0.1) is 5.82 Å². The Morgan fingerprint density at radius 3 is 2.62 bits per heavy atom. The molecule has 6 heteroatoms. The lowest BCUT2D eigenvalue weighted by atomic mass is 9.87. The van der Waals surface area contributed by atoms with Crippen LogP contribution in [0.15, 0.2) is 48.5 Å². The number of fused-ring (bicyclic) bond motifs is 5. The van der Waals surface area contributed by atoms with Gasteiger partial charge in [0.05, 0.1) is 11.4 Å². The highest BCUT2D eigenvalue weighted by Crippen LogP contribution is 2.45. The molecule has 26 heavy (non-hydrogen) atoms. The third kappa shape index (κ3) is 1.68. The monoisotopic (exact) mass is 349 g/mol. The van der Waals surface area contributed by atoms with E-state index in [2.05, 4.69) is 4.98 Å². The van der Waals surface area contributed by atoms with Gasteiger partial charge in [-0.25, -0.2) is 14.1 Å². The van der Waals surface area contributed by atoms with Crippen LogP contribution in [0.25, 0.3) is 10.9 Å². The van der Waals surface area contributed by atoms with Crippen LogP contribution in [0.1, 0.15) is 18.2 Å². The first-order valence-electron chi connectivity index (χ1n) is 8.54. The van der Waals surface area contributed by atoms with E-state index < -0.39 is 23.3 Å². The van der Waals surface area contributed by atoms with Crippen molar-refractivity contribution in [1.29, 1.82) is 0 Å². The molecule has 1 unspecified atom stereocenters. The number of aromatic nitrogens is 1. The Labute approximate surface area is 149 Å². The minimum Gasteiger partial charge on any atom is -0.356 e. The van der Waals surface area contributed by atoms with Crippen molar-refractivity contribution in [3.8, 4) is 0 Å². The number of amides is 3. The first kappa shape index (κ1) is 15.1. The fourth-order valence-electron chi connectivity index (χ4n) is 4.24. The minimum absolute atomic E-state index is 0.00390. The van der Waals surface area contributed by atoms with Gasteiger partial charge >= 0.3 is 6.03 Å². The number of benzene rings is 2. The van der Waals surface area contributed by atoms with Gasteiger partial charge in [0, 0.05) is 17.4 Å². The van der Waals surface area contributed by atoms with Crippen molar-refractivity contribution in [1.82, 2.24) is 9.88 Å². The summed E-state index contributed by atoms with van der Waals surface area (Å²) in [5.74, 6) is -1.02. The van der Waals surface area contributed by atoms with Crippen molar-refractivity contribution in [3.05, 3.63) is 65.6 Å². The van der Waals surface area contributed by atoms with Crippen molar-refractivity contribution in [3.63, 3.8) is 0 Å². The van der Waals surface area contributed by atoms with Gasteiger partial charge in [-0.2, -0.15) is 0 Å². The van der Waals surface area contributed by atoms with E-state index in [1.165, 1.54) is 18.2 Å². The molecule has 1 N–H and O–H groups in total. The molecule has 0 saturated carbocycles. The molecule has 1 saturated heterocycles. The van der Waals surface area contributed by atoms with Crippen molar-refractivity contribution in [2.75, 3.05) is 11.4 Å². The highest BCUT2D eigenvalue weighted by atomic mass is 19.1. The molecule has 0 radical (unpaired) electrons. The summed E-state index contributed by atoms with van der Waals surface area (Å²) >= 11 is 0. The average Bonchev–Trinajstić information content (AvgIpc) is 3.11. The summed E-state index contributed by atoms with van der Waals surface area (Å²) < 4.78 is 14.3. The second-order valence-corrected chi connectivity index (χ2v) is 6.87. The number of imide groups is 1. The zero-order chi connectivity index (χ0) is 18.1. The smallest absolute Gasteiger partial charge is 0.332 e. The van der Waals surface area contributed by atoms with Crippen LogP contribution in [0.3, 0.4) is 0 Å². The van der Waals surface area contributed by atoms with Crippen LogP contribution in [0.5, 0.6) is 0 Å². The normalized spacial score (nSPS) is 22.1. The summed E-state index contributed by atoms with van der Waals surface area (Å²) in [5.41, 5.74) is 1.55. The standard InChI is InChI=1S/C20H16FN3O2/c1-20-17-13(12-6-2-4-8-15(12)22-17)10-11-23(20)19(26)24(18(20)25)16-9-5-3-7-14(16)21/h2-9,22H,10-11H2,1H3. The number of H-pyrrole nitrogens is 1. The number of carbonyl (C=O) groups excluding carboxylic acids is 2. The number of rotatable bonds is 1. The number of halogens is 1. The lowest BCUT2D eigenvalue weighted by Gasteiger charge is -2.35. The van der Waals surface area contributed by atoms with Gasteiger partial charge in [0.1, 0.15) is 5.82 Å². The van der Waals surface area contributed by atoms with E-state index in [0.717, 1.165) is 27.1 Å². The Hall–Kier alpha value is -3.15. The molecule has 2 aromatic carbocycles. The molecule has 0 aliphatic carbocycles. The molecule has 0 bridgehead atoms. The topological polar surface area (TPSA) is 56.4 Å². The summed E-state index contributed by atoms with van der Waals surface area (Å²) in [5, 5.41) is 1.06. The molecule has 130 valence electrons. The van der Waals surface area contributed by atoms with Gasteiger partial charge < -0.3 is 9.88 Å². The second kappa shape index (κ2) is 4.94. The van der Waals surface area contributed by atoms with Crippen LogP contribution in [-0.2, 0) is 16.8 Å². The zero-order valence-electron chi connectivity index (χ0n) is 14.1. The predicted octanol–water partition coefficient (Wildman–Crippen LogP) is 3.55. The third-order valence-corrected chi connectivity index (χ3v) is 5.56. The van der Waals surface area contributed by atoms with Crippen LogP contribution >= 0.6 is 0 Å². The number of carbonyl (C=O) groups is 2. The SMILES string of the molecule is CC12C(=O)N(c3ccccc3F)C(=O)N1CCc1c2[nH]c2ccccc12. The number of hydrogen-bond acceptors (Lipinski definition) is 2. The van der Waals surface area contributed by atoms with Gasteiger partial charge in [-0.05, 0) is 37.1 Å². The summed E-state index contributed by atoms with van der Waals surface area (Å²) in [6.07, 6.45) is 0.652. The van der Waals surface area contributed by atoms with Crippen molar-refractivity contribution >= 4 is 28.5 Å². The Kier molecular flexibility index (Phi) is 2.88. The molecule has 3 aromatic rings. The first-order chi connectivity index (χ1) is 12.5. The number of nitrogens with zero attached hydrogens (tertiary/aromatic N) is 2. The minimum atomic E-state index is -1.16. The molecule has 2 aliphatic heterocycles. The van der Waals surface area contributed by atoms with Crippen molar-refractivity contribution in [2.45, 2.75) is 18.9 Å². The quantitative estimate of drug-likeness (QED) is 0.683. The number of nitrogens with one attached hydrogen (secondary N) is 1.